The second kappa shape index (κ2) is 2.23. The highest BCUT2D eigenvalue weighted by molar-refractivity contribution is 9.11. The molecule has 1 aliphatic rings. The van der Waals surface area contributed by atoms with Gasteiger partial charge < -0.3 is 5.11 Å². The van der Waals surface area contributed by atoms with E-state index in [1.54, 1.807) is 6.08 Å². The summed E-state index contributed by atoms with van der Waals surface area (Å²) in [6.45, 7) is 0. The molecule has 0 heterocycles. The van der Waals surface area contributed by atoms with Gasteiger partial charge in [-0.1, -0.05) is 22.0 Å². The molecule has 0 aromatic carbocycles. The molecule has 1 atom stereocenters. The quantitative estimate of drug-likeness (QED) is 0.622. The van der Waals surface area contributed by atoms with Gasteiger partial charge in [-0.05, 0) is 12.2 Å². The topological polar surface area (TPSA) is 20.2 Å². The van der Waals surface area contributed by atoms with Crippen LogP contribution in [0.3, 0.4) is 0 Å². The number of hydrogen-bond donors (Lipinski definition) is 1. The zero-order chi connectivity index (χ0) is 6.91. The molecule has 50 valence electrons. The van der Waals surface area contributed by atoms with E-state index in [9.17, 15) is 4.39 Å². The summed E-state index contributed by atoms with van der Waals surface area (Å²) in [5.41, 5.74) is 0. The molecule has 9 heavy (non-hydrogen) atoms. The molecule has 0 aromatic heterocycles. The van der Waals surface area contributed by atoms with Gasteiger partial charge in [0.25, 0.3) is 0 Å². The standard InChI is InChI=1S/C6H6BrFO/c7-5-1-3-6(8,9)4-2-5/h1-3,9H,4H2. The van der Waals surface area contributed by atoms with Crippen molar-refractivity contribution >= 4 is 15.9 Å². The highest BCUT2D eigenvalue weighted by Gasteiger charge is 2.22. The van der Waals surface area contributed by atoms with E-state index in [1.807, 2.05) is 0 Å². The number of allylic oxidation sites excluding steroid dienone is 2. The molecule has 0 amide bonds. The van der Waals surface area contributed by atoms with Gasteiger partial charge in [0, 0.05) is 10.9 Å². The Hall–Kier alpha value is -0.150. The molecule has 1 N–H and O–H groups in total. The first-order valence-electron chi connectivity index (χ1n) is 2.56. The van der Waals surface area contributed by atoms with Crippen molar-refractivity contribution in [3.8, 4) is 0 Å². The number of alkyl halides is 1. The second-order valence-corrected chi connectivity index (χ2v) is 2.86. The minimum Gasteiger partial charge on any atom is -0.358 e. The summed E-state index contributed by atoms with van der Waals surface area (Å²) < 4.78 is 13.3. The molecule has 1 nitrogen and oxygen atoms in total. The van der Waals surface area contributed by atoms with Crippen molar-refractivity contribution in [2.75, 3.05) is 0 Å². The Bertz CT molecular complexity index is 172. The normalized spacial score (nSPS) is 34.3. The van der Waals surface area contributed by atoms with Gasteiger partial charge in [0.2, 0.25) is 5.85 Å². The fraction of sp³-hybridized carbons (Fsp3) is 0.333. The number of aliphatic hydroxyl groups is 1. The third-order valence-corrected chi connectivity index (χ3v) is 1.67. The first-order valence-corrected chi connectivity index (χ1v) is 3.36. The van der Waals surface area contributed by atoms with Crippen molar-refractivity contribution in [3.05, 3.63) is 22.7 Å². The molecule has 0 bridgehead atoms. The second-order valence-electron chi connectivity index (χ2n) is 1.95. The summed E-state index contributed by atoms with van der Waals surface area (Å²) in [6, 6.07) is 0. The van der Waals surface area contributed by atoms with Crippen LogP contribution in [0.15, 0.2) is 22.7 Å². The molecule has 0 saturated carbocycles. The number of rotatable bonds is 0. The van der Waals surface area contributed by atoms with Crippen LogP contribution in [-0.4, -0.2) is 11.0 Å². The SMILES string of the molecule is OC1(F)C=CC(Br)=CC1. The van der Waals surface area contributed by atoms with E-state index < -0.39 is 5.85 Å². The number of halogens is 2. The van der Waals surface area contributed by atoms with Crippen molar-refractivity contribution in [2.24, 2.45) is 0 Å². The Labute approximate surface area is 61.0 Å². The molecule has 0 fully saturated rings. The van der Waals surface area contributed by atoms with Crippen LogP contribution in [0.4, 0.5) is 4.39 Å². The lowest BCUT2D eigenvalue weighted by atomic mass is 10.1. The average Bonchev–Trinajstić information content (AvgIpc) is 1.78. The minimum atomic E-state index is -2.13. The Morgan fingerprint density at radius 2 is 2.44 bits per heavy atom. The summed E-state index contributed by atoms with van der Waals surface area (Å²) >= 11 is 3.14. The highest BCUT2D eigenvalue weighted by atomic mass is 79.9. The summed E-state index contributed by atoms with van der Waals surface area (Å²) in [7, 11) is 0. The lowest BCUT2D eigenvalue weighted by molar-refractivity contribution is -0.0386. The van der Waals surface area contributed by atoms with Crippen LogP contribution in [0.2, 0.25) is 0 Å². The molecule has 0 spiro atoms. The maximum atomic E-state index is 12.4. The first-order chi connectivity index (χ1) is 4.10. The molecule has 3 heteroatoms. The maximum Gasteiger partial charge on any atom is 0.229 e. The van der Waals surface area contributed by atoms with Crippen LogP contribution in [0, 0.1) is 0 Å². The average molecular weight is 193 g/mol. The molecule has 0 aromatic rings. The van der Waals surface area contributed by atoms with Crippen molar-refractivity contribution in [2.45, 2.75) is 12.3 Å². The zero-order valence-electron chi connectivity index (χ0n) is 4.64. The van der Waals surface area contributed by atoms with Crippen LogP contribution in [0.25, 0.3) is 0 Å². The summed E-state index contributed by atoms with van der Waals surface area (Å²) in [5, 5.41) is 8.67. The number of hydrogen-bond acceptors (Lipinski definition) is 1. The van der Waals surface area contributed by atoms with E-state index in [0.717, 1.165) is 10.6 Å². The van der Waals surface area contributed by atoms with E-state index in [0.29, 0.717) is 0 Å². The smallest absolute Gasteiger partial charge is 0.229 e. The lowest BCUT2D eigenvalue weighted by Gasteiger charge is -2.14. The molecule has 1 unspecified atom stereocenters. The summed E-state index contributed by atoms with van der Waals surface area (Å²) in [6.07, 6.45) is 4.23. The molecule has 1 rings (SSSR count). The third kappa shape index (κ3) is 1.91. The van der Waals surface area contributed by atoms with Crippen molar-refractivity contribution < 1.29 is 9.50 Å². The van der Waals surface area contributed by atoms with Gasteiger partial charge in [0.1, 0.15) is 0 Å². The van der Waals surface area contributed by atoms with Gasteiger partial charge >= 0.3 is 0 Å². The van der Waals surface area contributed by atoms with Crippen molar-refractivity contribution in [3.63, 3.8) is 0 Å². The van der Waals surface area contributed by atoms with Gasteiger partial charge in [-0.2, -0.15) is 0 Å². The fourth-order valence-electron chi connectivity index (χ4n) is 0.584. The van der Waals surface area contributed by atoms with Gasteiger partial charge in [-0.15, -0.1) is 0 Å². The largest absolute Gasteiger partial charge is 0.358 e. The molecular formula is C6H6BrFO. The predicted octanol–water partition coefficient (Wildman–Crippen LogP) is 1.88. The van der Waals surface area contributed by atoms with E-state index in [1.165, 1.54) is 6.08 Å². The van der Waals surface area contributed by atoms with Crippen molar-refractivity contribution in [1.29, 1.82) is 0 Å². The minimum absolute atomic E-state index is 0.0318. The van der Waals surface area contributed by atoms with Gasteiger partial charge in [-0.3, -0.25) is 0 Å². The molecule has 1 aliphatic carbocycles. The van der Waals surface area contributed by atoms with E-state index in [4.69, 9.17) is 5.11 Å². The maximum absolute atomic E-state index is 12.4. The Balaban J connectivity index is 2.70. The van der Waals surface area contributed by atoms with E-state index in [2.05, 4.69) is 15.9 Å². The molecule has 0 aliphatic heterocycles. The van der Waals surface area contributed by atoms with Gasteiger partial charge in [-0.25, -0.2) is 4.39 Å². The lowest BCUT2D eigenvalue weighted by Crippen LogP contribution is -2.18. The molecule has 0 saturated heterocycles. The first kappa shape index (κ1) is 6.96. The summed E-state index contributed by atoms with van der Waals surface area (Å²) in [4.78, 5) is 0. The van der Waals surface area contributed by atoms with E-state index >= 15 is 0 Å². The molecular weight excluding hydrogens is 187 g/mol. The zero-order valence-corrected chi connectivity index (χ0v) is 6.23. The Morgan fingerprint density at radius 1 is 1.78 bits per heavy atom. The van der Waals surface area contributed by atoms with Crippen LogP contribution in [0.1, 0.15) is 6.42 Å². The predicted molar refractivity (Wildman–Crippen MR) is 36.8 cm³/mol. The van der Waals surface area contributed by atoms with Crippen LogP contribution >= 0.6 is 15.9 Å². The summed E-state index contributed by atoms with van der Waals surface area (Å²) in [5.74, 6) is -2.13. The highest BCUT2D eigenvalue weighted by Crippen LogP contribution is 2.24. The Kier molecular flexibility index (Phi) is 1.73. The molecule has 0 radical (unpaired) electrons. The monoisotopic (exact) mass is 192 g/mol. The van der Waals surface area contributed by atoms with Crippen LogP contribution in [-0.2, 0) is 0 Å². The third-order valence-electron chi connectivity index (χ3n) is 1.08. The van der Waals surface area contributed by atoms with Crippen LogP contribution < -0.4 is 0 Å². The van der Waals surface area contributed by atoms with E-state index in [-0.39, 0.29) is 6.42 Å². The van der Waals surface area contributed by atoms with Gasteiger partial charge in [0.05, 0.1) is 0 Å². The van der Waals surface area contributed by atoms with Crippen molar-refractivity contribution in [1.82, 2.24) is 0 Å². The van der Waals surface area contributed by atoms with Gasteiger partial charge in [0.15, 0.2) is 0 Å². The fourth-order valence-corrected chi connectivity index (χ4v) is 0.878. The van der Waals surface area contributed by atoms with Crippen LogP contribution in [0.5, 0.6) is 0 Å². The Morgan fingerprint density at radius 3 is 2.78 bits per heavy atom.